The van der Waals surface area contributed by atoms with Crippen LogP contribution in [0.1, 0.15) is 96.6 Å². The van der Waals surface area contributed by atoms with Crippen molar-refractivity contribution in [3.63, 3.8) is 0 Å². The molecule has 0 bridgehead atoms. The summed E-state index contributed by atoms with van der Waals surface area (Å²) in [5.74, 6) is -4.65. The number of methoxy groups -OCH3 is 1. The van der Waals surface area contributed by atoms with E-state index in [2.05, 4.69) is 62.6 Å². The molecule has 8 rings (SSSR count). The zero-order valence-corrected chi connectivity index (χ0v) is 31.5. The third-order valence-electron chi connectivity index (χ3n) is 12.4. The van der Waals surface area contributed by atoms with E-state index in [1.807, 2.05) is 13.8 Å². The van der Waals surface area contributed by atoms with Gasteiger partial charge in [-0.1, -0.05) is 29.9 Å². The fourth-order valence-electron chi connectivity index (χ4n) is 10.2. The van der Waals surface area contributed by atoms with Crippen LogP contribution in [0.3, 0.4) is 0 Å². The van der Waals surface area contributed by atoms with E-state index in [9.17, 15) is 37.3 Å². The van der Waals surface area contributed by atoms with E-state index in [0.717, 1.165) is 45.5 Å². The smallest absolute Gasteiger partial charge is 0.481 e. The minimum atomic E-state index is -4.38. The molecule has 0 saturated heterocycles. The molecular weight excluding hydrogens is 703 g/mol. The van der Waals surface area contributed by atoms with Crippen LogP contribution in [-0.2, 0) is 30.4 Å². The zero-order valence-electron chi connectivity index (χ0n) is 30.7. The molecule has 0 aliphatic carbocycles. The minimum Gasteiger partial charge on any atom is -0.481 e. The number of hydrogen-bond acceptors (Lipinski definition) is 7. The summed E-state index contributed by atoms with van der Waals surface area (Å²) < 4.78 is 46.8. The Morgan fingerprint density at radius 3 is 2.25 bits per heavy atom. The lowest BCUT2D eigenvalue weighted by Crippen LogP contribution is -2.70. The molecule has 0 fully saturated rings. The van der Waals surface area contributed by atoms with Crippen LogP contribution in [0.25, 0.3) is 23.8 Å². The minimum absolute atomic E-state index is 0.0467. The maximum absolute atomic E-state index is 14.5. The highest BCUT2D eigenvalue weighted by Gasteiger charge is 2.76. The van der Waals surface area contributed by atoms with Crippen molar-refractivity contribution >= 4 is 69.0 Å². The van der Waals surface area contributed by atoms with Gasteiger partial charge in [-0.15, -0.1) is 0 Å². The van der Waals surface area contributed by atoms with Gasteiger partial charge in [0.05, 0.1) is 76.2 Å². The zero-order chi connectivity index (χ0) is 38.2. The normalized spacial score (nSPS) is 25.5. The molecule has 8 heterocycles. The molecule has 53 heavy (non-hydrogen) atoms. The number of carboxylic acids is 1. The number of allylic oxidation sites excluding steroid dienone is 2. The second-order valence-electron chi connectivity index (χ2n) is 15.0. The van der Waals surface area contributed by atoms with Crippen LogP contribution in [0.5, 0.6) is 0 Å². The summed E-state index contributed by atoms with van der Waals surface area (Å²) in [6.07, 6.45) is 7.02. The fraction of sp³-hybridized carbons (Fsp3) is 0.474. The number of nitrogens with one attached hydrogen (secondary N) is 1. The molecule has 6 aliphatic rings. The maximum atomic E-state index is 14.5. The number of amides is 1. The maximum Gasteiger partial charge on any atom is 0.552 e. The average molecular weight is 746 g/mol. The second-order valence-corrected chi connectivity index (χ2v) is 16.6. The van der Waals surface area contributed by atoms with Crippen LogP contribution in [0.4, 0.5) is 0 Å². The molecule has 6 aliphatic heterocycles. The van der Waals surface area contributed by atoms with E-state index in [-0.39, 0.29) is 60.8 Å². The summed E-state index contributed by atoms with van der Waals surface area (Å²) in [7, 11) is -3.09. The summed E-state index contributed by atoms with van der Waals surface area (Å²) in [5.41, 5.74) is 7.56. The molecule has 3 N–H and O–H groups in total. The largest absolute Gasteiger partial charge is 0.552 e. The van der Waals surface area contributed by atoms with Crippen molar-refractivity contribution < 1.29 is 51.1 Å². The first-order chi connectivity index (χ1) is 25.0. The highest BCUT2D eigenvalue weighted by atomic mass is 32.2. The number of aromatic nitrogens is 2. The topological polar surface area (TPSA) is 180 Å². The van der Waals surface area contributed by atoms with Crippen LogP contribution in [0.2, 0.25) is 0 Å². The molecule has 2 aromatic rings. The van der Waals surface area contributed by atoms with E-state index in [1.54, 1.807) is 6.92 Å². The Morgan fingerprint density at radius 1 is 0.962 bits per heavy atom. The van der Waals surface area contributed by atoms with Gasteiger partial charge < -0.3 is 15.2 Å². The third-order valence-corrected chi connectivity index (χ3v) is 13.1. The predicted molar refractivity (Wildman–Crippen MR) is 193 cm³/mol. The Balaban J connectivity index is 1.58. The molecule has 278 valence electrons. The lowest BCUT2D eigenvalue weighted by molar-refractivity contribution is -0.838. The number of ether oxygens (including phenoxy) is 1. The molecule has 15 heteroatoms. The van der Waals surface area contributed by atoms with Crippen molar-refractivity contribution in [1.29, 1.82) is 0 Å². The highest BCUT2D eigenvalue weighted by Crippen LogP contribution is 2.56. The second kappa shape index (κ2) is 11.6. The Morgan fingerprint density at radius 2 is 1.62 bits per heavy atom. The molecule has 0 saturated carbocycles. The summed E-state index contributed by atoms with van der Waals surface area (Å²) in [6, 6.07) is 0. The fourth-order valence-corrected chi connectivity index (χ4v) is 10.6. The van der Waals surface area contributed by atoms with Crippen molar-refractivity contribution in [1.82, 2.24) is 14.5 Å². The lowest BCUT2D eigenvalue weighted by Gasteiger charge is -2.39. The van der Waals surface area contributed by atoms with E-state index < -0.39 is 39.6 Å². The summed E-state index contributed by atoms with van der Waals surface area (Å²) in [5, 5.41) is 14.2. The van der Waals surface area contributed by atoms with Crippen LogP contribution in [0.15, 0.2) is 11.4 Å². The van der Waals surface area contributed by atoms with E-state index in [1.165, 1.54) is 7.11 Å². The van der Waals surface area contributed by atoms with Crippen molar-refractivity contribution in [2.24, 2.45) is 23.7 Å². The van der Waals surface area contributed by atoms with E-state index in [4.69, 9.17) is 4.74 Å². The van der Waals surface area contributed by atoms with Gasteiger partial charge in [-0.25, -0.2) is 0 Å². The number of rotatable bonds is 11. The number of hydrogen-bond donors (Lipinski definition) is 3. The van der Waals surface area contributed by atoms with Gasteiger partial charge in [-0.3, -0.25) is 23.7 Å². The van der Waals surface area contributed by atoms with Gasteiger partial charge in [-0.05, 0) is 44.7 Å². The number of carbonyl (C=O) groups is 4. The van der Waals surface area contributed by atoms with Gasteiger partial charge in [0.1, 0.15) is 0 Å². The molecule has 1 amide bonds. The van der Waals surface area contributed by atoms with Crippen molar-refractivity contribution in [2.45, 2.75) is 73.1 Å². The first-order valence-electron chi connectivity index (χ1n) is 18.0. The van der Waals surface area contributed by atoms with Crippen LogP contribution < -0.4 is 16.0 Å². The van der Waals surface area contributed by atoms with Crippen molar-refractivity contribution in [3.05, 3.63) is 55.7 Å². The predicted octanol–water partition coefficient (Wildman–Crippen LogP) is 1.79. The number of esters is 1. The SMILES string of the molecule is CC[C@H]1C2=Cc3c(C)c(C(=O)NCCS(=O)(=O)O)c4n3C35n6c(c(C)c(C(C)=O)c6=CC(=[N+]23)[C@@H]1C)=CC1=[N+]5C(=C4CC(=O)OC)C(CCC(=O)O)[C@@H]1C. The Bertz CT molecular complexity index is 2530. The number of aliphatic carboxylic acids is 1. The molecule has 0 aromatic carbocycles. The standard InChI is InChI=1S/C38H41N5O9S/c1-8-22-17(2)25-16-30-33(21(6)44)19(4)27-14-26-18(3)23(9-10-31(45)46)35-24(13-32(47)52-7)36-34(37(48)39-11-12-53(49,50)51)20(5)28-15-29(22)40(25)38(41(27)30,42(26)35)43(28)36/h14-18,22-23H,8-13H2,1-7H3,(H-2,39,45,46,48,49,50,51)/p+2/t17-,18+,22-,23?,38?/m1/s1. The van der Waals surface area contributed by atoms with E-state index in [0.29, 0.717) is 28.1 Å². The van der Waals surface area contributed by atoms with Crippen LogP contribution in [-0.4, -0.2) is 90.8 Å². The number of carbonyl (C=O) groups excluding carboxylic acids is 3. The Hall–Kier alpha value is -4.89. The quantitative estimate of drug-likeness (QED) is 0.134. The first-order valence-corrected chi connectivity index (χ1v) is 19.6. The van der Waals surface area contributed by atoms with Gasteiger partial charge in [-0.2, -0.15) is 17.6 Å². The molecule has 0 radical (unpaired) electrons. The van der Waals surface area contributed by atoms with Gasteiger partial charge in [0.25, 0.3) is 16.0 Å². The number of nitrogens with zero attached hydrogens (tertiary/aromatic N) is 4. The first kappa shape index (κ1) is 35.2. The summed E-state index contributed by atoms with van der Waals surface area (Å²) in [4.78, 5) is 53.6. The molecule has 14 nitrogen and oxygen atoms in total. The van der Waals surface area contributed by atoms with E-state index >= 15 is 0 Å². The summed E-state index contributed by atoms with van der Waals surface area (Å²) >= 11 is 0. The molecule has 2 unspecified atom stereocenters. The van der Waals surface area contributed by atoms with Crippen molar-refractivity contribution in [2.75, 3.05) is 19.4 Å². The number of ketones is 1. The highest BCUT2D eigenvalue weighted by molar-refractivity contribution is 7.85. The van der Waals surface area contributed by atoms with Gasteiger partial charge in [0.15, 0.2) is 22.9 Å². The van der Waals surface area contributed by atoms with Crippen LogP contribution >= 0.6 is 0 Å². The number of carboxylic acid groups (broad SMARTS) is 1. The molecule has 5 atom stereocenters. The third kappa shape index (κ3) is 4.43. The Labute approximate surface area is 305 Å². The lowest BCUT2D eigenvalue weighted by atomic mass is 9.83. The monoisotopic (exact) mass is 745 g/mol. The molecule has 2 aromatic heterocycles. The van der Waals surface area contributed by atoms with Crippen molar-refractivity contribution in [3.8, 4) is 0 Å². The average Bonchev–Trinajstić information content (AvgIpc) is 3.74. The Kier molecular flexibility index (Phi) is 7.66. The number of Topliss-reactive ketones (excluding diaryl/α,β-unsaturated/α-hetero) is 1. The van der Waals surface area contributed by atoms with Gasteiger partial charge >= 0.3 is 17.8 Å². The van der Waals surface area contributed by atoms with Gasteiger partial charge in [0, 0.05) is 36.8 Å². The summed E-state index contributed by atoms with van der Waals surface area (Å²) in [6.45, 7) is 11.4. The van der Waals surface area contributed by atoms with Crippen LogP contribution in [0, 0.1) is 37.5 Å². The molecule has 1 spiro atoms. The molecular formula is C38H43N5O9S+2. The van der Waals surface area contributed by atoms with Gasteiger partial charge in [0.2, 0.25) is 5.70 Å².